The van der Waals surface area contributed by atoms with Crippen LogP contribution in [0.15, 0.2) is 73.8 Å². The van der Waals surface area contributed by atoms with Crippen LogP contribution in [0.2, 0.25) is 0 Å². The van der Waals surface area contributed by atoms with E-state index in [1.807, 2.05) is 53.1 Å². The first-order valence-corrected chi connectivity index (χ1v) is 10.9. The molecule has 0 saturated carbocycles. The maximum absolute atomic E-state index is 13.1. The highest BCUT2D eigenvalue weighted by Gasteiger charge is 2.35. The Morgan fingerprint density at radius 1 is 1.15 bits per heavy atom. The Kier molecular flexibility index (Phi) is 6.58. The Morgan fingerprint density at radius 2 is 1.85 bits per heavy atom. The molecule has 1 fully saturated rings. The van der Waals surface area contributed by atoms with Crippen molar-refractivity contribution in [3.63, 3.8) is 0 Å². The third-order valence-corrected chi connectivity index (χ3v) is 5.90. The summed E-state index contributed by atoms with van der Waals surface area (Å²) in [6.07, 6.45) is 3.75. The molecule has 3 aromatic rings. The number of aromatic nitrogens is 2. The second-order valence-electron chi connectivity index (χ2n) is 8.02. The highest BCUT2D eigenvalue weighted by molar-refractivity contribution is 5.96. The fraction of sp³-hybridized carbons (Fsp3) is 0.269. The van der Waals surface area contributed by atoms with Gasteiger partial charge in [-0.2, -0.15) is 0 Å². The summed E-state index contributed by atoms with van der Waals surface area (Å²) in [5.41, 5.74) is 2.52. The molecular weight excluding hydrogens is 416 g/mol. The SMILES string of the molecule is C=CCN(CC=C)C(=O)Cn1c(C2CC(=O)N(c3ccc(OC)cc3)C2)nc2ccccc21. The first-order valence-electron chi connectivity index (χ1n) is 10.9. The Labute approximate surface area is 193 Å². The predicted octanol–water partition coefficient (Wildman–Crippen LogP) is 3.77. The Morgan fingerprint density at radius 3 is 2.52 bits per heavy atom. The summed E-state index contributed by atoms with van der Waals surface area (Å²) in [6.45, 7) is 9.04. The van der Waals surface area contributed by atoms with Gasteiger partial charge < -0.3 is 19.1 Å². The van der Waals surface area contributed by atoms with Crippen molar-refractivity contribution >= 4 is 28.5 Å². The molecule has 2 amide bonds. The zero-order valence-corrected chi connectivity index (χ0v) is 18.8. The van der Waals surface area contributed by atoms with E-state index in [0.29, 0.717) is 26.1 Å². The van der Waals surface area contributed by atoms with E-state index in [2.05, 4.69) is 13.2 Å². The number of methoxy groups -OCH3 is 1. The first-order chi connectivity index (χ1) is 16.0. The van der Waals surface area contributed by atoms with Gasteiger partial charge in [-0.05, 0) is 36.4 Å². The lowest BCUT2D eigenvalue weighted by molar-refractivity contribution is -0.130. The molecule has 2 aromatic carbocycles. The van der Waals surface area contributed by atoms with Crippen LogP contribution in [0, 0.1) is 0 Å². The summed E-state index contributed by atoms with van der Waals surface area (Å²) in [6, 6.07) is 15.2. The van der Waals surface area contributed by atoms with Crippen molar-refractivity contribution in [2.75, 3.05) is 31.6 Å². The van der Waals surface area contributed by atoms with Crippen molar-refractivity contribution < 1.29 is 14.3 Å². The van der Waals surface area contributed by atoms with Crippen molar-refractivity contribution in [3.8, 4) is 5.75 Å². The molecule has 1 atom stereocenters. The average molecular weight is 445 g/mol. The molecule has 0 radical (unpaired) electrons. The number of carbonyl (C=O) groups is 2. The molecule has 0 spiro atoms. The van der Waals surface area contributed by atoms with Crippen molar-refractivity contribution in [1.82, 2.24) is 14.5 Å². The number of benzene rings is 2. The third kappa shape index (κ3) is 4.53. The molecule has 7 nitrogen and oxygen atoms in total. The van der Waals surface area contributed by atoms with Gasteiger partial charge in [-0.25, -0.2) is 4.98 Å². The number of carbonyl (C=O) groups excluding carboxylic acids is 2. The molecule has 2 heterocycles. The summed E-state index contributed by atoms with van der Waals surface area (Å²) in [4.78, 5) is 34.3. The highest BCUT2D eigenvalue weighted by Crippen LogP contribution is 2.33. The van der Waals surface area contributed by atoms with Crippen LogP contribution in [-0.2, 0) is 16.1 Å². The van der Waals surface area contributed by atoms with Crippen LogP contribution in [0.4, 0.5) is 5.69 Å². The van der Waals surface area contributed by atoms with E-state index in [-0.39, 0.29) is 24.3 Å². The fourth-order valence-electron chi connectivity index (χ4n) is 4.29. The lowest BCUT2D eigenvalue weighted by atomic mass is 10.1. The van der Waals surface area contributed by atoms with Gasteiger partial charge in [0.2, 0.25) is 11.8 Å². The number of para-hydroxylation sites is 2. The monoisotopic (exact) mass is 444 g/mol. The normalized spacial score (nSPS) is 15.6. The molecule has 1 saturated heterocycles. The molecule has 170 valence electrons. The van der Waals surface area contributed by atoms with Gasteiger partial charge in [-0.1, -0.05) is 24.3 Å². The van der Waals surface area contributed by atoms with E-state index in [4.69, 9.17) is 9.72 Å². The molecule has 1 aliphatic rings. The lowest BCUT2D eigenvalue weighted by Crippen LogP contribution is -2.34. The number of hydrogen-bond acceptors (Lipinski definition) is 4. The third-order valence-electron chi connectivity index (χ3n) is 5.90. The summed E-state index contributed by atoms with van der Waals surface area (Å²) in [7, 11) is 1.61. The van der Waals surface area contributed by atoms with Crippen molar-refractivity contribution in [3.05, 3.63) is 79.7 Å². The van der Waals surface area contributed by atoms with E-state index in [1.54, 1.807) is 29.1 Å². The second kappa shape index (κ2) is 9.73. The van der Waals surface area contributed by atoms with Crippen molar-refractivity contribution in [2.45, 2.75) is 18.9 Å². The summed E-state index contributed by atoms with van der Waals surface area (Å²) < 4.78 is 7.18. The molecule has 0 N–H and O–H groups in total. The van der Waals surface area contributed by atoms with Crippen LogP contribution in [0.1, 0.15) is 18.2 Å². The quantitative estimate of drug-likeness (QED) is 0.471. The van der Waals surface area contributed by atoms with E-state index >= 15 is 0 Å². The van der Waals surface area contributed by atoms with Gasteiger partial charge in [0.1, 0.15) is 18.1 Å². The maximum Gasteiger partial charge on any atom is 0.243 e. The van der Waals surface area contributed by atoms with Crippen molar-refractivity contribution in [1.29, 1.82) is 0 Å². The van der Waals surface area contributed by atoms with Gasteiger partial charge in [-0.15, -0.1) is 13.2 Å². The number of nitrogens with zero attached hydrogens (tertiary/aromatic N) is 4. The number of amides is 2. The van der Waals surface area contributed by atoms with Gasteiger partial charge >= 0.3 is 0 Å². The molecule has 1 unspecified atom stereocenters. The minimum atomic E-state index is -0.118. The van der Waals surface area contributed by atoms with E-state index in [1.165, 1.54) is 0 Å². The zero-order valence-electron chi connectivity index (χ0n) is 18.8. The van der Waals surface area contributed by atoms with Crippen LogP contribution in [-0.4, -0.2) is 53.0 Å². The van der Waals surface area contributed by atoms with Gasteiger partial charge in [0.15, 0.2) is 0 Å². The number of anilines is 1. The first kappa shape index (κ1) is 22.3. The van der Waals surface area contributed by atoms with Gasteiger partial charge in [-0.3, -0.25) is 9.59 Å². The Hall–Kier alpha value is -3.87. The topological polar surface area (TPSA) is 67.7 Å². The molecule has 33 heavy (non-hydrogen) atoms. The molecule has 4 rings (SSSR count). The number of rotatable bonds is 9. The summed E-state index contributed by atoms with van der Waals surface area (Å²) >= 11 is 0. The largest absolute Gasteiger partial charge is 0.497 e. The zero-order chi connectivity index (χ0) is 23.4. The lowest BCUT2D eigenvalue weighted by Gasteiger charge is -2.21. The summed E-state index contributed by atoms with van der Waals surface area (Å²) in [5, 5.41) is 0. The number of hydrogen-bond donors (Lipinski definition) is 0. The van der Waals surface area contributed by atoms with E-state index < -0.39 is 0 Å². The Bertz CT molecular complexity index is 1170. The molecule has 7 heteroatoms. The highest BCUT2D eigenvalue weighted by atomic mass is 16.5. The minimum absolute atomic E-state index is 0.0371. The molecular formula is C26H28N4O3. The van der Waals surface area contributed by atoms with Crippen molar-refractivity contribution in [2.24, 2.45) is 0 Å². The Balaban J connectivity index is 1.65. The predicted molar refractivity (Wildman–Crippen MR) is 129 cm³/mol. The number of fused-ring (bicyclic) bond motifs is 1. The van der Waals surface area contributed by atoms with Crippen LogP contribution >= 0.6 is 0 Å². The van der Waals surface area contributed by atoms with Crippen LogP contribution < -0.4 is 9.64 Å². The molecule has 1 aliphatic heterocycles. The number of ether oxygens (including phenoxy) is 1. The maximum atomic E-state index is 13.1. The second-order valence-corrected chi connectivity index (χ2v) is 8.02. The van der Waals surface area contributed by atoms with E-state index in [0.717, 1.165) is 28.3 Å². The van der Waals surface area contributed by atoms with Crippen LogP contribution in [0.5, 0.6) is 5.75 Å². The van der Waals surface area contributed by atoms with Gasteiger partial charge in [0, 0.05) is 37.7 Å². The minimum Gasteiger partial charge on any atom is -0.497 e. The van der Waals surface area contributed by atoms with E-state index in [9.17, 15) is 9.59 Å². The molecule has 0 aliphatic carbocycles. The average Bonchev–Trinajstić information content (AvgIpc) is 3.39. The standard InChI is InChI=1S/C26H28N4O3/c1-4-14-28(15-5-2)25(32)18-30-23-9-7-6-8-22(23)27-26(30)19-16-24(31)29(17-19)20-10-12-21(33-3)13-11-20/h4-13,19H,1-2,14-18H2,3H3. The van der Waals surface area contributed by atoms with Gasteiger partial charge in [0.25, 0.3) is 0 Å². The molecule has 1 aromatic heterocycles. The fourth-order valence-corrected chi connectivity index (χ4v) is 4.29. The van der Waals surface area contributed by atoms with Crippen LogP contribution in [0.25, 0.3) is 11.0 Å². The molecule has 0 bridgehead atoms. The smallest absolute Gasteiger partial charge is 0.243 e. The van der Waals surface area contributed by atoms with Crippen LogP contribution in [0.3, 0.4) is 0 Å². The van der Waals surface area contributed by atoms with Gasteiger partial charge in [0.05, 0.1) is 18.1 Å². The number of imidazole rings is 1. The summed E-state index contributed by atoms with van der Waals surface area (Å²) in [5.74, 6) is 1.37.